The molecule has 4 saturated carbocycles. The van der Waals surface area contributed by atoms with Crippen LogP contribution in [0, 0.1) is 29.6 Å². The molecule has 124 valence electrons. The zero-order valence-corrected chi connectivity index (χ0v) is 13.8. The summed E-state index contributed by atoms with van der Waals surface area (Å²) in [5.74, 6) is 4.18. The maximum atomic E-state index is 12.7. The Bertz CT molecular complexity index is 720. The van der Waals surface area contributed by atoms with E-state index in [1.165, 1.54) is 38.2 Å². The van der Waals surface area contributed by atoms with Gasteiger partial charge >= 0.3 is 0 Å². The molecular formula is C21H23NO2. The molecule has 0 amide bonds. The van der Waals surface area contributed by atoms with Gasteiger partial charge in [0.25, 0.3) is 0 Å². The molecule has 0 aromatic heterocycles. The second kappa shape index (κ2) is 5.30. The van der Waals surface area contributed by atoms with Crippen LogP contribution in [0.5, 0.6) is 0 Å². The third-order valence-corrected chi connectivity index (χ3v) is 6.91. The lowest BCUT2D eigenvalue weighted by Crippen LogP contribution is -2.48. The Morgan fingerprint density at radius 1 is 0.875 bits per heavy atom. The zero-order valence-electron chi connectivity index (χ0n) is 13.8. The molecule has 4 bridgehead atoms. The number of carbonyl (C=O) groups excluding carboxylic acids is 2. The molecular weight excluding hydrogens is 298 g/mol. The van der Waals surface area contributed by atoms with Gasteiger partial charge in [-0.1, -0.05) is 24.3 Å². The fourth-order valence-corrected chi connectivity index (χ4v) is 6.05. The Labute approximate surface area is 142 Å². The number of hydrogen-bond donors (Lipinski definition) is 1. The lowest BCUT2D eigenvalue weighted by molar-refractivity contribution is -0.0345. The molecule has 1 aromatic carbocycles. The summed E-state index contributed by atoms with van der Waals surface area (Å²) < 4.78 is 0. The first kappa shape index (κ1) is 14.4. The van der Waals surface area contributed by atoms with Crippen molar-refractivity contribution in [2.45, 2.75) is 32.1 Å². The van der Waals surface area contributed by atoms with Gasteiger partial charge in [0.1, 0.15) is 0 Å². The third-order valence-electron chi connectivity index (χ3n) is 6.91. The fourth-order valence-electron chi connectivity index (χ4n) is 6.05. The molecule has 1 aromatic rings. The van der Waals surface area contributed by atoms with Crippen LogP contribution < -0.4 is 5.32 Å². The van der Waals surface area contributed by atoms with Gasteiger partial charge in [-0.2, -0.15) is 0 Å². The van der Waals surface area contributed by atoms with E-state index in [0.29, 0.717) is 22.7 Å². The van der Waals surface area contributed by atoms with E-state index in [2.05, 4.69) is 5.32 Å². The Kier molecular flexibility index (Phi) is 3.19. The van der Waals surface area contributed by atoms with Crippen molar-refractivity contribution in [2.24, 2.45) is 29.6 Å². The molecule has 3 nitrogen and oxygen atoms in total. The van der Waals surface area contributed by atoms with Gasteiger partial charge in [-0.15, -0.1) is 0 Å². The summed E-state index contributed by atoms with van der Waals surface area (Å²) in [6.07, 6.45) is 8.49. The number of hydrogen-bond acceptors (Lipinski definition) is 3. The number of ketones is 2. The van der Waals surface area contributed by atoms with Gasteiger partial charge in [0.05, 0.1) is 5.70 Å². The van der Waals surface area contributed by atoms with Gasteiger partial charge in [0.15, 0.2) is 5.78 Å². The van der Waals surface area contributed by atoms with E-state index in [-0.39, 0.29) is 11.6 Å². The minimum absolute atomic E-state index is 0.0333. The first-order chi connectivity index (χ1) is 11.7. The van der Waals surface area contributed by atoms with Gasteiger partial charge < -0.3 is 5.32 Å². The molecule has 3 heteroatoms. The zero-order chi connectivity index (χ0) is 16.3. The second-order valence-electron chi connectivity index (χ2n) is 8.27. The Hall–Kier alpha value is -1.90. The first-order valence-corrected chi connectivity index (χ1v) is 9.32. The van der Waals surface area contributed by atoms with Crippen LogP contribution in [0.1, 0.15) is 52.8 Å². The maximum absolute atomic E-state index is 12.7. The highest BCUT2D eigenvalue weighted by atomic mass is 16.1. The Morgan fingerprint density at radius 2 is 1.50 bits per heavy atom. The van der Waals surface area contributed by atoms with E-state index in [1.54, 1.807) is 12.1 Å². The minimum Gasteiger partial charge on any atom is -0.381 e. The molecule has 24 heavy (non-hydrogen) atoms. The molecule has 0 spiro atoms. The molecule has 0 atom stereocenters. The SMILES string of the molecule is O=C1C=C(NCC2C3CC4CC(C3)CC2C4)C(=O)c2ccccc21. The van der Waals surface area contributed by atoms with Gasteiger partial charge in [-0.3, -0.25) is 9.59 Å². The number of allylic oxidation sites excluding steroid dienone is 2. The standard InChI is InChI=1S/C21H23NO2/c23-20-10-19(21(24)17-4-2-1-3-16(17)20)22-11-18-14-6-12-5-13(8-14)9-15(18)7-12/h1-4,10,12-15,18,22H,5-9,11H2. The van der Waals surface area contributed by atoms with Crippen LogP contribution in [-0.4, -0.2) is 18.1 Å². The second-order valence-corrected chi connectivity index (χ2v) is 8.27. The average Bonchev–Trinajstić information content (AvgIpc) is 2.58. The van der Waals surface area contributed by atoms with Crippen molar-refractivity contribution in [3.05, 3.63) is 47.2 Å². The summed E-state index contributed by atoms with van der Waals surface area (Å²) in [5, 5.41) is 3.36. The van der Waals surface area contributed by atoms with Gasteiger partial charge in [0.2, 0.25) is 5.78 Å². The normalized spacial score (nSPS) is 36.5. The van der Waals surface area contributed by atoms with Crippen molar-refractivity contribution in [1.29, 1.82) is 0 Å². The van der Waals surface area contributed by atoms with Crippen molar-refractivity contribution >= 4 is 11.6 Å². The number of carbonyl (C=O) groups is 2. The highest BCUT2D eigenvalue weighted by molar-refractivity contribution is 6.24. The summed E-state index contributed by atoms with van der Waals surface area (Å²) >= 11 is 0. The molecule has 0 unspecified atom stereocenters. The quantitative estimate of drug-likeness (QED) is 0.925. The molecule has 5 aliphatic carbocycles. The van der Waals surface area contributed by atoms with Crippen molar-refractivity contribution in [1.82, 2.24) is 5.32 Å². The largest absolute Gasteiger partial charge is 0.381 e. The summed E-state index contributed by atoms with van der Waals surface area (Å²) in [4.78, 5) is 24.9. The van der Waals surface area contributed by atoms with Crippen LogP contribution in [0.3, 0.4) is 0 Å². The number of nitrogens with one attached hydrogen (secondary N) is 1. The third kappa shape index (κ3) is 2.17. The van der Waals surface area contributed by atoms with E-state index in [0.717, 1.165) is 30.2 Å². The molecule has 0 aliphatic heterocycles. The van der Waals surface area contributed by atoms with E-state index in [9.17, 15) is 9.59 Å². The van der Waals surface area contributed by atoms with Crippen LogP contribution in [0.15, 0.2) is 36.0 Å². The summed E-state index contributed by atoms with van der Waals surface area (Å²) in [7, 11) is 0. The van der Waals surface area contributed by atoms with E-state index in [4.69, 9.17) is 0 Å². The van der Waals surface area contributed by atoms with Crippen LogP contribution >= 0.6 is 0 Å². The molecule has 1 N–H and O–H groups in total. The molecule has 5 aliphatic rings. The van der Waals surface area contributed by atoms with Crippen molar-refractivity contribution < 1.29 is 9.59 Å². The minimum atomic E-state index is -0.0576. The average molecular weight is 321 g/mol. The van der Waals surface area contributed by atoms with Crippen molar-refractivity contribution in [2.75, 3.05) is 6.54 Å². The molecule has 6 rings (SSSR count). The van der Waals surface area contributed by atoms with E-state index >= 15 is 0 Å². The van der Waals surface area contributed by atoms with Crippen molar-refractivity contribution in [3.8, 4) is 0 Å². The summed E-state index contributed by atoms with van der Waals surface area (Å²) in [6.45, 7) is 0.849. The van der Waals surface area contributed by atoms with Gasteiger partial charge in [-0.25, -0.2) is 0 Å². The number of benzene rings is 1. The predicted octanol–water partition coefficient (Wildman–Crippen LogP) is 3.61. The summed E-state index contributed by atoms with van der Waals surface area (Å²) in [5.41, 5.74) is 1.56. The number of rotatable bonds is 3. The Balaban J connectivity index is 1.33. The van der Waals surface area contributed by atoms with E-state index < -0.39 is 0 Å². The van der Waals surface area contributed by atoms with Crippen LogP contribution in [0.4, 0.5) is 0 Å². The summed E-state index contributed by atoms with van der Waals surface area (Å²) in [6, 6.07) is 7.13. The predicted molar refractivity (Wildman–Crippen MR) is 91.7 cm³/mol. The highest BCUT2D eigenvalue weighted by Gasteiger charge is 2.48. The molecule has 0 saturated heterocycles. The fraction of sp³-hybridized carbons (Fsp3) is 0.524. The van der Waals surface area contributed by atoms with Gasteiger partial charge in [0, 0.05) is 23.7 Å². The molecule has 0 radical (unpaired) electrons. The van der Waals surface area contributed by atoms with Crippen LogP contribution in [-0.2, 0) is 0 Å². The molecule has 4 fully saturated rings. The lowest BCUT2D eigenvalue weighted by Gasteiger charge is -2.54. The lowest BCUT2D eigenvalue weighted by atomic mass is 9.52. The smallest absolute Gasteiger partial charge is 0.209 e. The Morgan fingerprint density at radius 3 is 2.17 bits per heavy atom. The van der Waals surface area contributed by atoms with Crippen LogP contribution in [0.25, 0.3) is 0 Å². The highest BCUT2D eigenvalue weighted by Crippen LogP contribution is 2.56. The van der Waals surface area contributed by atoms with Crippen LogP contribution in [0.2, 0.25) is 0 Å². The number of fused-ring (bicyclic) bond motifs is 1. The first-order valence-electron chi connectivity index (χ1n) is 9.32. The number of Topliss-reactive ketones (excluding diaryl/α,β-unsaturated/α-hetero) is 1. The van der Waals surface area contributed by atoms with Gasteiger partial charge in [-0.05, 0) is 61.7 Å². The van der Waals surface area contributed by atoms with Crippen molar-refractivity contribution in [3.63, 3.8) is 0 Å². The maximum Gasteiger partial charge on any atom is 0.209 e. The topological polar surface area (TPSA) is 46.2 Å². The van der Waals surface area contributed by atoms with E-state index in [1.807, 2.05) is 12.1 Å². The monoisotopic (exact) mass is 321 g/mol. The molecule has 0 heterocycles.